The van der Waals surface area contributed by atoms with Crippen molar-refractivity contribution in [1.29, 1.82) is 5.26 Å². The lowest BCUT2D eigenvalue weighted by atomic mass is 10.1. The molecule has 2 rings (SSSR count). The minimum Gasteiger partial charge on any atom is -0.380 e. The average Bonchev–Trinajstić information content (AvgIpc) is 2.82. The third-order valence-electron chi connectivity index (χ3n) is 3.26. The molecule has 1 fully saturated rings. The van der Waals surface area contributed by atoms with Crippen LogP contribution >= 0.6 is 0 Å². The van der Waals surface area contributed by atoms with E-state index in [0.717, 1.165) is 19.6 Å². The number of hydrogen-bond acceptors (Lipinski definition) is 3. The van der Waals surface area contributed by atoms with Gasteiger partial charge < -0.3 is 10.2 Å². The number of nitriles is 1. The van der Waals surface area contributed by atoms with E-state index in [4.69, 9.17) is 5.26 Å². The van der Waals surface area contributed by atoms with E-state index in [1.54, 1.807) is 12.1 Å². The van der Waals surface area contributed by atoms with Crippen LogP contribution in [-0.4, -0.2) is 30.6 Å². The van der Waals surface area contributed by atoms with E-state index < -0.39 is 5.82 Å². The maximum Gasteiger partial charge on any atom is 0.143 e. The summed E-state index contributed by atoms with van der Waals surface area (Å²) in [6.07, 6.45) is 2.52. The molecule has 1 aromatic rings. The summed E-state index contributed by atoms with van der Waals surface area (Å²) in [5, 5.41) is 12.2. The summed E-state index contributed by atoms with van der Waals surface area (Å²) < 4.78 is 13.4. The number of likely N-dealkylation sites (tertiary alicyclic amines) is 1. The smallest absolute Gasteiger partial charge is 0.143 e. The van der Waals surface area contributed by atoms with Crippen molar-refractivity contribution in [2.24, 2.45) is 0 Å². The predicted octanol–water partition coefficient (Wildman–Crippen LogP) is 2.59. The van der Waals surface area contributed by atoms with Crippen molar-refractivity contribution in [3.05, 3.63) is 29.6 Å². The lowest BCUT2D eigenvalue weighted by Gasteiger charge is -2.22. The molecule has 0 radical (unpaired) electrons. The van der Waals surface area contributed by atoms with Gasteiger partial charge in [-0.25, -0.2) is 4.39 Å². The van der Waals surface area contributed by atoms with E-state index >= 15 is 0 Å². The Morgan fingerprint density at radius 1 is 1.44 bits per heavy atom. The molecule has 18 heavy (non-hydrogen) atoms. The van der Waals surface area contributed by atoms with Gasteiger partial charge in [0.25, 0.3) is 0 Å². The SMILES string of the molecule is CC(CN1CCCC1)Nc1cccc(F)c1C#N. The van der Waals surface area contributed by atoms with Crippen molar-refractivity contribution in [3.63, 3.8) is 0 Å². The molecule has 0 aromatic heterocycles. The van der Waals surface area contributed by atoms with Crippen molar-refractivity contribution in [1.82, 2.24) is 4.90 Å². The van der Waals surface area contributed by atoms with Gasteiger partial charge in [0, 0.05) is 12.6 Å². The minimum absolute atomic E-state index is 0.103. The molecule has 1 aliphatic rings. The summed E-state index contributed by atoms with van der Waals surface area (Å²) in [5.74, 6) is -0.462. The number of rotatable bonds is 4. The Labute approximate surface area is 107 Å². The Hall–Kier alpha value is -1.60. The molecular formula is C14H18FN3. The highest BCUT2D eigenvalue weighted by Gasteiger charge is 2.16. The maximum atomic E-state index is 13.4. The van der Waals surface area contributed by atoms with E-state index in [0.29, 0.717) is 5.69 Å². The van der Waals surface area contributed by atoms with Crippen LogP contribution in [0.25, 0.3) is 0 Å². The number of benzene rings is 1. The van der Waals surface area contributed by atoms with Gasteiger partial charge in [-0.2, -0.15) is 5.26 Å². The Kier molecular flexibility index (Phi) is 4.16. The molecule has 0 bridgehead atoms. The Morgan fingerprint density at radius 3 is 2.83 bits per heavy atom. The van der Waals surface area contributed by atoms with Gasteiger partial charge >= 0.3 is 0 Å². The van der Waals surface area contributed by atoms with Crippen LogP contribution < -0.4 is 5.32 Å². The molecular weight excluding hydrogens is 229 g/mol. The van der Waals surface area contributed by atoms with E-state index in [-0.39, 0.29) is 11.6 Å². The Balaban J connectivity index is 2.00. The molecule has 96 valence electrons. The quantitative estimate of drug-likeness (QED) is 0.889. The van der Waals surface area contributed by atoms with E-state index in [9.17, 15) is 4.39 Å². The van der Waals surface area contributed by atoms with Crippen LogP contribution in [0.3, 0.4) is 0 Å². The second-order valence-electron chi connectivity index (χ2n) is 4.83. The monoisotopic (exact) mass is 247 g/mol. The van der Waals surface area contributed by atoms with Crippen LogP contribution in [0.15, 0.2) is 18.2 Å². The van der Waals surface area contributed by atoms with Gasteiger partial charge in [0.05, 0.1) is 5.69 Å². The van der Waals surface area contributed by atoms with Gasteiger partial charge in [0.1, 0.15) is 17.4 Å². The van der Waals surface area contributed by atoms with Gasteiger partial charge in [-0.1, -0.05) is 6.07 Å². The van der Waals surface area contributed by atoms with Crippen LogP contribution in [0.2, 0.25) is 0 Å². The second-order valence-corrected chi connectivity index (χ2v) is 4.83. The van der Waals surface area contributed by atoms with Crippen molar-refractivity contribution in [2.45, 2.75) is 25.8 Å². The topological polar surface area (TPSA) is 39.1 Å². The number of anilines is 1. The molecule has 4 heteroatoms. The first kappa shape index (κ1) is 12.8. The molecule has 1 aliphatic heterocycles. The molecule has 0 saturated carbocycles. The average molecular weight is 247 g/mol. The molecule has 1 N–H and O–H groups in total. The zero-order chi connectivity index (χ0) is 13.0. The molecule has 1 heterocycles. The van der Waals surface area contributed by atoms with Gasteiger partial charge in [-0.3, -0.25) is 0 Å². The first-order chi connectivity index (χ1) is 8.70. The summed E-state index contributed by atoms with van der Waals surface area (Å²) in [5.41, 5.74) is 0.690. The normalized spacial score (nSPS) is 17.4. The molecule has 0 aliphatic carbocycles. The fourth-order valence-electron chi connectivity index (χ4n) is 2.42. The first-order valence-corrected chi connectivity index (χ1v) is 6.38. The van der Waals surface area contributed by atoms with E-state index in [1.165, 1.54) is 18.9 Å². The van der Waals surface area contributed by atoms with Gasteiger partial charge in [0.2, 0.25) is 0 Å². The third kappa shape index (κ3) is 2.99. The fraction of sp³-hybridized carbons (Fsp3) is 0.500. The standard InChI is InChI=1S/C14H18FN3/c1-11(10-18-7-2-3-8-18)17-14-6-4-5-13(15)12(14)9-16/h4-6,11,17H,2-3,7-8,10H2,1H3. The van der Waals surface area contributed by atoms with Crippen LogP contribution in [-0.2, 0) is 0 Å². The third-order valence-corrected chi connectivity index (χ3v) is 3.26. The van der Waals surface area contributed by atoms with Gasteiger partial charge in [0.15, 0.2) is 0 Å². The van der Waals surface area contributed by atoms with Crippen molar-refractivity contribution in [3.8, 4) is 6.07 Å². The van der Waals surface area contributed by atoms with E-state index in [1.807, 2.05) is 6.07 Å². The van der Waals surface area contributed by atoms with Gasteiger partial charge in [-0.05, 0) is 45.0 Å². The zero-order valence-corrected chi connectivity index (χ0v) is 10.6. The largest absolute Gasteiger partial charge is 0.380 e. The molecule has 1 saturated heterocycles. The Morgan fingerprint density at radius 2 is 2.17 bits per heavy atom. The highest BCUT2D eigenvalue weighted by Crippen LogP contribution is 2.19. The molecule has 0 spiro atoms. The van der Waals surface area contributed by atoms with E-state index in [2.05, 4.69) is 17.1 Å². The summed E-state index contributed by atoms with van der Waals surface area (Å²) >= 11 is 0. The summed E-state index contributed by atoms with van der Waals surface area (Å²) in [7, 11) is 0. The lowest BCUT2D eigenvalue weighted by Crippen LogP contribution is -2.33. The summed E-state index contributed by atoms with van der Waals surface area (Å²) in [6, 6.07) is 6.81. The van der Waals surface area contributed by atoms with Crippen LogP contribution in [0.4, 0.5) is 10.1 Å². The molecule has 1 atom stereocenters. The number of nitrogens with one attached hydrogen (secondary N) is 1. The molecule has 3 nitrogen and oxygen atoms in total. The Bertz CT molecular complexity index is 447. The number of hydrogen-bond donors (Lipinski definition) is 1. The summed E-state index contributed by atoms with van der Waals surface area (Å²) in [6.45, 7) is 5.27. The van der Waals surface area contributed by atoms with Crippen LogP contribution in [0, 0.1) is 17.1 Å². The molecule has 1 aromatic carbocycles. The molecule has 0 amide bonds. The van der Waals surface area contributed by atoms with Crippen molar-refractivity contribution >= 4 is 5.69 Å². The first-order valence-electron chi connectivity index (χ1n) is 6.38. The lowest BCUT2D eigenvalue weighted by molar-refractivity contribution is 0.328. The number of halogens is 1. The minimum atomic E-state index is -0.462. The van der Waals surface area contributed by atoms with Crippen LogP contribution in [0.1, 0.15) is 25.3 Å². The predicted molar refractivity (Wildman–Crippen MR) is 69.9 cm³/mol. The number of nitrogens with zero attached hydrogens (tertiary/aromatic N) is 2. The van der Waals surface area contributed by atoms with Gasteiger partial charge in [-0.15, -0.1) is 0 Å². The molecule has 1 unspecified atom stereocenters. The van der Waals surface area contributed by atoms with Crippen LogP contribution in [0.5, 0.6) is 0 Å². The summed E-state index contributed by atoms with van der Waals surface area (Å²) in [4.78, 5) is 2.39. The zero-order valence-electron chi connectivity index (χ0n) is 10.6. The van der Waals surface area contributed by atoms with Crippen molar-refractivity contribution < 1.29 is 4.39 Å². The maximum absolute atomic E-state index is 13.4. The highest BCUT2D eigenvalue weighted by molar-refractivity contribution is 5.58. The second kappa shape index (κ2) is 5.83. The van der Waals surface area contributed by atoms with Crippen molar-refractivity contribution in [2.75, 3.05) is 25.0 Å². The fourth-order valence-corrected chi connectivity index (χ4v) is 2.42. The highest BCUT2D eigenvalue weighted by atomic mass is 19.1.